The Hall–Kier alpha value is -0.950. The van der Waals surface area contributed by atoms with E-state index in [2.05, 4.69) is 20.8 Å². The molecule has 0 unspecified atom stereocenters. The number of aliphatic hydroxyl groups is 1. The standard InChI is InChI=1S/C23H36O6/c1-12(2)13-7-8-23(21(25)28-6)10-9-22(3)14(17(13)23)11-15(24)16-18(26-4)19(22)29-20(16)27-5/h12,14-16,18-20,24H,7-11H2,1-6H3/t14-,15-,16+,18+,19+,20+,22-,23+/m1/s1. The number of carbonyl (C=O) groups is 1. The number of fused-ring (bicyclic) bond motifs is 6. The van der Waals surface area contributed by atoms with Gasteiger partial charge in [0.05, 0.1) is 36.8 Å². The molecule has 3 fully saturated rings. The number of carbonyl (C=O) groups excluding carboxylic acids is 1. The molecule has 4 rings (SSSR count). The summed E-state index contributed by atoms with van der Waals surface area (Å²) in [6.45, 7) is 6.67. The molecule has 1 saturated heterocycles. The Kier molecular flexibility index (Phi) is 5.38. The Morgan fingerprint density at radius 2 is 1.90 bits per heavy atom. The zero-order valence-corrected chi connectivity index (χ0v) is 18.6. The lowest BCUT2D eigenvalue weighted by Gasteiger charge is -2.52. The van der Waals surface area contributed by atoms with Crippen LogP contribution in [0.15, 0.2) is 11.1 Å². The maximum atomic E-state index is 13.1. The molecule has 1 aliphatic heterocycles. The van der Waals surface area contributed by atoms with E-state index in [1.165, 1.54) is 18.3 Å². The first-order chi connectivity index (χ1) is 13.7. The number of ether oxygens (including phenoxy) is 4. The summed E-state index contributed by atoms with van der Waals surface area (Å²) in [5, 5.41) is 11.3. The average Bonchev–Trinajstić information content (AvgIpc) is 3.26. The first kappa shape index (κ1) is 21.3. The van der Waals surface area contributed by atoms with Gasteiger partial charge in [0.25, 0.3) is 0 Å². The fraction of sp³-hybridized carbons (Fsp3) is 0.870. The third-order valence-electron chi connectivity index (χ3n) is 8.54. The number of hydrogen-bond donors (Lipinski definition) is 1. The van der Waals surface area contributed by atoms with Crippen LogP contribution < -0.4 is 0 Å². The topological polar surface area (TPSA) is 74.2 Å². The van der Waals surface area contributed by atoms with Crippen molar-refractivity contribution in [3.63, 3.8) is 0 Å². The molecule has 6 nitrogen and oxygen atoms in total. The van der Waals surface area contributed by atoms with Gasteiger partial charge in [-0.2, -0.15) is 0 Å². The SMILES string of the molecule is COC(=O)[C@]12CCC(C(C)C)=C1[C@H]1C[C@@H](O)[C@@H]3[C@@H](OC)O[C@@H]([C@H]3OC)[C@]1(C)CC2. The lowest BCUT2D eigenvalue weighted by atomic mass is 9.53. The molecular weight excluding hydrogens is 372 g/mol. The van der Waals surface area contributed by atoms with Gasteiger partial charge in [-0.1, -0.05) is 26.3 Å². The highest BCUT2D eigenvalue weighted by Gasteiger charge is 2.66. The molecule has 0 radical (unpaired) electrons. The molecule has 2 bridgehead atoms. The molecule has 29 heavy (non-hydrogen) atoms. The summed E-state index contributed by atoms with van der Waals surface area (Å²) in [6, 6.07) is 0. The van der Waals surface area contributed by atoms with Crippen LogP contribution in [0.25, 0.3) is 0 Å². The van der Waals surface area contributed by atoms with Crippen LogP contribution in [-0.2, 0) is 23.7 Å². The van der Waals surface area contributed by atoms with Crippen LogP contribution in [0.1, 0.15) is 52.9 Å². The van der Waals surface area contributed by atoms with Gasteiger partial charge in [0.1, 0.15) is 0 Å². The van der Waals surface area contributed by atoms with E-state index >= 15 is 0 Å². The number of rotatable bonds is 4. The van der Waals surface area contributed by atoms with E-state index in [4.69, 9.17) is 18.9 Å². The van der Waals surface area contributed by atoms with Gasteiger partial charge in [0.15, 0.2) is 6.29 Å². The van der Waals surface area contributed by atoms with Crippen molar-refractivity contribution in [3.05, 3.63) is 11.1 Å². The molecule has 1 heterocycles. The molecule has 3 aliphatic carbocycles. The highest BCUT2D eigenvalue weighted by molar-refractivity contribution is 5.82. The van der Waals surface area contributed by atoms with Crippen molar-refractivity contribution in [3.8, 4) is 0 Å². The van der Waals surface area contributed by atoms with E-state index in [1.54, 1.807) is 14.2 Å². The summed E-state index contributed by atoms with van der Waals surface area (Å²) in [7, 11) is 4.81. The molecule has 0 aromatic carbocycles. The van der Waals surface area contributed by atoms with Gasteiger partial charge < -0.3 is 24.1 Å². The van der Waals surface area contributed by atoms with Crippen molar-refractivity contribution >= 4 is 5.97 Å². The van der Waals surface area contributed by atoms with Crippen molar-refractivity contribution in [2.75, 3.05) is 21.3 Å². The predicted molar refractivity (Wildman–Crippen MR) is 107 cm³/mol. The number of hydrogen-bond acceptors (Lipinski definition) is 6. The maximum Gasteiger partial charge on any atom is 0.315 e. The van der Waals surface area contributed by atoms with Gasteiger partial charge in [-0.3, -0.25) is 4.79 Å². The Bertz CT molecular complexity index is 701. The second kappa shape index (κ2) is 7.33. The monoisotopic (exact) mass is 408 g/mol. The Morgan fingerprint density at radius 1 is 1.17 bits per heavy atom. The average molecular weight is 409 g/mol. The highest BCUT2D eigenvalue weighted by atomic mass is 16.7. The van der Waals surface area contributed by atoms with Crippen molar-refractivity contribution in [2.24, 2.45) is 28.6 Å². The molecule has 4 aliphatic rings. The number of esters is 1. The Morgan fingerprint density at radius 3 is 2.48 bits per heavy atom. The molecular formula is C23H36O6. The number of allylic oxidation sites excluding steroid dienone is 1. The minimum Gasteiger partial charge on any atom is -0.468 e. The summed E-state index contributed by atoms with van der Waals surface area (Å²) in [5.41, 5.74) is 1.81. The fourth-order valence-electron chi connectivity index (χ4n) is 7.06. The van der Waals surface area contributed by atoms with Crippen LogP contribution in [0.2, 0.25) is 0 Å². The van der Waals surface area contributed by atoms with Crippen molar-refractivity contribution in [1.29, 1.82) is 0 Å². The van der Waals surface area contributed by atoms with Crippen LogP contribution >= 0.6 is 0 Å². The summed E-state index contributed by atoms with van der Waals surface area (Å²) in [5.74, 6) is 0.0839. The number of aliphatic hydroxyl groups excluding tert-OH is 1. The minimum absolute atomic E-state index is 0.0655. The highest BCUT2D eigenvalue weighted by Crippen LogP contribution is 2.66. The van der Waals surface area contributed by atoms with Crippen LogP contribution in [0.3, 0.4) is 0 Å². The van der Waals surface area contributed by atoms with E-state index in [-0.39, 0.29) is 35.4 Å². The molecule has 164 valence electrons. The summed E-state index contributed by atoms with van der Waals surface area (Å²) >= 11 is 0. The van der Waals surface area contributed by atoms with Gasteiger partial charge in [-0.15, -0.1) is 0 Å². The molecule has 0 aromatic heterocycles. The fourth-order valence-corrected chi connectivity index (χ4v) is 7.06. The van der Waals surface area contributed by atoms with Crippen LogP contribution in [0.4, 0.5) is 0 Å². The Labute approximate surface area is 173 Å². The summed E-state index contributed by atoms with van der Waals surface area (Å²) in [4.78, 5) is 13.1. The van der Waals surface area contributed by atoms with E-state index < -0.39 is 17.8 Å². The first-order valence-electron chi connectivity index (χ1n) is 11.0. The molecule has 0 spiro atoms. The molecule has 0 aromatic rings. The maximum absolute atomic E-state index is 13.1. The second-order valence-corrected chi connectivity index (χ2v) is 9.97. The van der Waals surface area contributed by atoms with Crippen molar-refractivity contribution in [1.82, 2.24) is 0 Å². The largest absolute Gasteiger partial charge is 0.468 e. The smallest absolute Gasteiger partial charge is 0.315 e. The van der Waals surface area contributed by atoms with Gasteiger partial charge in [-0.25, -0.2) is 0 Å². The first-order valence-corrected chi connectivity index (χ1v) is 11.0. The normalized spacial score (nSPS) is 46.5. The van der Waals surface area contributed by atoms with Crippen molar-refractivity contribution in [2.45, 2.75) is 77.5 Å². The lowest BCUT2D eigenvalue weighted by molar-refractivity contribution is -0.193. The van der Waals surface area contributed by atoms with Crippen LogP contribution in [-0.4, -0.2) is 57.0 Å². The molecule has 8 atom stereocenters. The number of methoxy groups -OCH3 is 3. The van der Waals surface area contributed by atoms with E-state index in [0.29, 0.717) is 12.3 Å². The van der Waals surface area contributed by atoms with E-state index in [0.717, 1.165) is 25.7 Å². The summed E-state index contributed by atoms with van der Waals surface area (Å²) < 4.78 is 23.2. The lowest BCUT2D eigenvalue weighted by Crippen LogP contribution is -2.52. The zero-order chi connectivity index (χ0) is 21.1. The van der Waals surface area contributed by atoms with Gasteiger partial charge in [0, 0.05) is 19.6 Å². The van der Waals surface area contributed by atoms with Crippen molar-refractivity contribution < 1.29 is 28.8 Å². The van der Waals surface area contributed by atoms with E-state index in [9.17, 15) is 9.90 Å². The second-order valence-electron chi connectivity index (χ2n) is 9.97. The van der Waals surface area contributed by atoms with Gasteiger partial charge in [0.2, 0.25) is 0 Å². The minimum atomic E-state index is -0.614. The summed E-state index contributed by atoms with van der Waals surface area (Å²) in [6.07, 6.45) is 2.45. The molecule has 2 saturated carbocycles. The van der Waals surface area contributed by atoms with E-state index in [1.807, 2.05) is 0 Å². The van der Waals surface area contributed by atoms with Gasteiger partial charge in [-0.05, 0) is 49.5 Å². The van der Waals surface area contributed by atoms with Crippen LogP contribution in [0.5, 0.6) is 0 Å². The molecule has 0 amide bonds. The third kappa shape index (κ3) is 2.79. The predicted octanol–water partition coefficient (Wildman–Crippen LogP) is 3.08. The van der Waals surface area contributed by atoms with Gasteiger partial charge >= 0.3 is 5.97 Å². The van der Waals surface area contributed by atoms with Crippen LogP contribution in [0, 0.1) is 28.6 Å². The molecule has 6 heteroatoms. The molecule has 1 N–H and O–H groups in total. The Balaban J connectivity index is 1.86. The third-order valence-corrected chi connectivity index (χ3v) is 8.54. The quantitative estimate of drug-likeness (QED) is 0.569. The zero-order valence-electron chi connectivity index (χ0n) is 18.6.